The van der Waals surface area contributed by atoms with Crippen molar-refractivity contribution in [1.29, 1.82) is 0 Å². The molecule has 1 saturated carbocycles. The van der Waals surface area contributed by atoms with Crippen molar-refractivity contribution in [3.8, 4) is 0 Å². The molecule has 3 N–H and O–H groups in total. The number of halogens is 2. The largest absolute Gasteiger partial charge is 0.394 e. The highest BCUT2D eigenvalue weighted by Gasteiger charge is 2.45. The molecule has 7 nitrogen and oxygen atoms in total. The highest BCUT2D eigenvalue weighted by Crippen LogP contribution is 2.36. The van der Waals surface area contributed by atoms with Crippen LogP contribution < -0.4 is 5.32 Å². The number of aliphatic hydroxyl groups excluding tert-OH is 2. The van der Waals surface area contributed by atoms with Crippen LogP contribution in [0.1, 0.15) is 31.9 Å². The molecule has 1 saturated heterocycles. The second kappa shape index (κ2) is 6.68. The average Bonchev–Trinajstić information content (AvgIpc) is 3.29. The lowest BCUT2D eigenvalue weighted by atomic mass is 10.1. The highest BCUT2D eigenvalue weighted by molar-refractivity contribution is 6.30. The molecule has 0 spiro atoms. The van der Waals surface area contributed by atoms with Crippen molar-refractivity contribution in [2.24, 2.45) is 0 Å². The Hall–Kier alpha value is -1.48. The lowest BCUT2D eigenvalue weighted by Gasteiger charge is -2.17. The molecule has 1 aliphatic heterocycles. The summed E-state index contributed by atoms with van der Waals surface area (Å²) in [4.78, 5) is 8.67. The Labute approximate surface area is 148 Å². The van der Waals surface area contributed by atoms with Crippen molar-refractivity contribution >= 4 is 28.5 Å². The third-order valence-electron chi connectivity index (χ3n) is 4.97. The van der Waals surface area contributed by atoms with Crippen molar-refractivity contribution < 1.29 is 19.3 Å². The van der Waals surface area contributed by atoms with Gasteiger partial charge in [0.05, 0.1) is 18.5 Å². The summed E-state index contributed by atoms with van der Waals surface area (Å²) in [5.74, 6) is 0.570. The summed E-state index contributed by atoms with van der Waals surface area (Å²) in [6.45, 7) is -0.457. The smallest absolute Gasteiger partial charge is 0.173 e. The Morgan fingerprint density at radius 3 is 2.84 bits per heavy atom. The van der Waals surface area contributed by atoms with Gasteiger partial charge in [-0.15, -0.1) is 0 Å². The van der Waals surface area contributed by atoms with Crippen LogP contribution in [0.5, 0.6) is 0 Å². The van der Waals surface area contributed by atoms with Gasteiger partial charge < -0.3 is 24.8 Å². The van der Waals surface area contributed by atoms with Crippen molar-refractivity contribution in [2.45, 2.75) is 56.3 Å². The van der Waals surface area contributed by atoms with Gasteiger partial charge in [-0.05, 0) is 12.8 Å². The first kappa shape index (κ1) is 17.0. The summed E-state index contributed by atoms with van der Waals surface area (Å²) >= 11 is 6.15. The number of imidazole rings is 1. The maximum absolute atomic E-state index is 14.4. The second-order valence-corrected chi connectivity index (χ2v) is 7.01. The third kappa shape index (κ3) is 2.97. The van der Waals surface area contributed by atoms with E-state index in [1.807, 2.05) is 0 Å². The van der Waals surface area contributed by atoms with Gasteiger partial charge in [-0.2, -0.15) is 0 Å². The summed E-state index contributed by atoms with van der Waals surface area (Å²) in [7, 11) is 0. The van der Waals surface area contributed by atoms with Crippen molar-refractivity contribution in [3.05, 3.63) is 17.5 Å². The Bertz CT molecular complexity index is 767. The number of hydrogen-bond acceptors (Lipinski definition) is 6. The molecule has 136 valence electrons. The normalized spacial score (nSPS) is 30.4. The first-order valence-electron chi connectivity index (χ1n) is 8.46. The van der Waals surface area contributed by atoms with E-state index >= 15 is 0 Å². The van der Waals surface area contributed by atoms with E-state index in [-0.39, 0.29) is 5.15 Å². The summed E-state index contributed by atoms with van der Waals surface area (Å²) in [6, 6.07) is 1.93. The van der Waals surface area contributed by atoms with E-state index in [1.165, 1.54) is 23.7 Å². The molecular weight excluding hydrogens is 351 g/mol. The van der Waals surface area contributed by atoms with Crippen LogP contribution in [0.4, 0.5) is 10.2 Å². The fraction of sp³-hybridized carbons (Fsp3) is 0.625. The molecule has 2 aromatic rings. The topological polar surface area (TPSA) is 92.4 Å². The van der Waals surface area contributed by atoms with Crippen LogP contribution in [0.15, 0.2) is 12.4 Å². The molecule has 0 radical (unpaired) electrons. The maximum Gasteiger partial charge on any atom is 0.173 e. The van der Waals surface area contributed by atoms with E-state index in [0.717, 1.165) is 12.8 Å². The SMILES string of the molecule is OC[C@H]1O[C@@H](n2cnc3c(NC4CCCC4)nc(Cl)cc32)[C@@H](F)[C@@H]1O. The van der Waals surface area contributed by atoms with Gasteiger partial charge in [-0.1, -0.05) is 24.4 Å². The molecule has 3 heterocycles. The van der Waals surface area contributed by atoms with Gasteiger partial charge >= 0.3 is 0 Å². The van der Waals surface area contributed by atoms with Gasteiger partial charge in [-0.25, -0.2) is 14.4 Å². The number of pyridine rings is 1. The molecule has 0 aromatic carbocycles. The zero-order valence-electron chi connectivity index (χ0n) is 13.5. The van der Waals surface area contributed by atoms with E-state index in [4.69, 9.17) is 16.3 Å². The van der Waals surface area contributed by atoms with E-state index < -0.39 is 31.2 Å². The fourth-order valence-corrected chi connectivity index (χ4v) is 3.83. The van der Waals surface area contributed by atoms with Crippen LogP contribution in [0, 0.1) is 0 Å². The number of ether oxygens (including phenoxy) is 1. The Morgan fingerprint density at radius 2 is 2.16 bits per heavy atom. The van der Waals surface area contributed by atoms with Gasteiger partial charge in [0.25, 0.3) is 0 Å². The molecular formula is C16H20ClFN4O3. The van der Waals surface area contributed by atoms with E-state index in [0.29, 0.717) is 22.9 Å². The second-order valence-electron chi connectivity index (χ2n) is 6.62. The number of nitrogens with one attached hydrogen (secondary N) is 1. The first-order valence-corrected chi connectivity index (χ1v) is 8.84. The number of anilines is 1. The number of alkyl halides is 1. The predicted molar refractivity (Wildman–Crippen MR) is 90.3 cm³/mol. The van der Waals surface area contributed by atoms with E-state index in [1.54, 1.807) is 6.07 Å². The Morgan fingerprint density at radius 1 is 1.40 bits per heavy atom. The standard InChI is InChI=1S/C16H20ClFN4O3/c17-11-5-9-13(15(21-11)20-8-3-1-2-4-8)19-7-22(9)16-12(18)14(24)10(6-23)25-16/h5,7-8,10,12,14,16,23-24H,1-4,6H2,(H,20,21)/t10-,12+,14-,16-/m1/s1. The zero-order valence-corrected chi connectivity index (χ0v) is 14.2. The summed E-state index contributed by atoms with van der Waals surface area (Å²) in [6.07, 6.45) is 0.838. The minimum Gasteiger partial charge on any atom is -0.394 e. The molecule has 2 aliphatic rings. The molecule has 9 heteroatoms. The number of rotatable bonds is 4. The predicted octanol–water partition coefficient (Wildman–Crippen LogP) is 2.03. The number of nitrogens with zero attached hydrogens (tertiary/aromatic N) is 3. The quantitative estimate of drug-likeness (QED) is 0.713. The van der Waals surface area contributed by atoms with Gasteiger partial charge in [0, 0.05) is 12.1 Å². The van der Waals surface area contributed by atoms with Crippen LogP contribution >= 0.6 is 11.6 Å². The Kier molecular flexibility index (Phi) is 4.53. The van der Waals surface area contributed by atoms with E-state index in [9.17, 15) is 14.6 Å². The molecule has 25 heavy (non-hydrogen) atoms. The lowest BCUT2D eigenvalue weighted by Crippen LogP contribution is -2.30. The van der Waals surface area contributed by atoms with Crippen LogP contribution in [0.2, 0.25) is 5.15 Å². The number of aliphatic hydroxyl groups is 2. The highest BCUT2D eigenvalue weighted by atomic mass is 35.5. The van der Waals surface area contributed by atoms with Crippen LogP contribution in [0.25, 0.3) is 11.0 Å². The third-order valence-corrected chi connectivity index (χ3v) is 5.17. The fourth-order valence-electron chi connectivity index (χ4n) is 3.65. The van der Waals surface area contributed by atoms with Crippen LogP contribution in [-0.2, 0) is 4.74 Å². The molecule has 4 rings (SSSR count). The lowest BCUT2D eigenvalue weighted by molar-refractivity contribution is -0.0457. The van der Waals surface area contributed by atoms with Crippen molar-refractivity contribution in [1.82, 2.24) is 14.5 Å². The van der Waals surface area contributed by atoms with Gasteiger partial charge in [-0.3, -0.25) is 0 Å². The molecule has 0 bridgehead atoms. The van der Waals surface area contributed by atoms with Crippen LogP contribution in [-0.4, -0.2) is 55.8 Å². The first-order chi connectivity index (χ1) is 12.1. The molecule has 1 aliphatic carbocycles. The average molecular weight is 371 g/mol. The zero-order chi connectivity index (χ0) is 17.6. The Balaban J connectivity index is 1.70. The molecule has 2 fully saturated rings. The number of hydrogen-bond donors (Lipinski definition) is 3. The molecule has 0 amide bonds. The van der Waals surface area contributed by atoms with Gasteiger partial charge in [0.2, 0.25) is 0 Å². The monoisotopic (exact) mass is 370 g/mol. The minimum absolute atomic E-state index is 0.266. The van der Waals surface area contributed by atoms with Crippen molar-refractivity contribution in [2.75, 3.05) is 11.9 Å². The molecule has 4 atom stereocenters. The van der Waals surface area contributed by atoms with E-state index in [2.05, 4.69) is 15.3 Å². The summed E-state index contributed by atoms with van der Waals surface area (Å²) in [5, 5.41) is 22.7. The molecule has 0 unspecified atom stereocenters. The van der Waals surface area contributed by atoms with Gasteiger partial charge in [0.1, 0.15) is 22.9 Å². The molecule has 2 aromatic heterocycles. The number of aromatic nitrogens is 3. The van der Waals surface area contributed by atoms with Crippen molar-refractivity contribution in [3.63, 3.8) is 0 Å². The number of fused-ring (bicyclic) bond motifs is 1. The minimum atomic E-state index is -1.67. The maximum atomic E-state index is 14.4. The van der Waals surface area contributed by atoms with Crippen LogP contribution in [0.3, 0.4) is 0 Å². The summed E-state index contributed by atoms with van der Waals surface area (Å²) < 4.78 is 21.4. The summed E-state index contributed by atoms with van der Waals surface area (Å²) in [5.41, 5.74) is 1.15. The van der Waals surface area contributed by atoms with Gasteiger partial charge in [0.15, 0.2) is 18.2 Å².